The van der Waals surface area contributed by atoms with Gasteiger partial charge in [-0.25, -0.2) is 0 Å². The molecule has 0 aromatic heterocycles. The van der Waals surface area contributed by atoms with Crippen molar-refractivity contribution in [1.82, 2.24) is 0 Å². The highest BCUT2D eigenvalue weighted by Crippen LogP contribution is 2.20. The number of nitrogens with one attached hydrogen (secondary N) is 1. The Kier molecular flexibility index (Phi) is 4.27. The van der Waals surface area contributed by atoms with E-state index in [9.17, 15) is 5.11 Å². The highest BCUT2D eigenvalue weighted by atomic mass is 35.5. The van der Waals surface area contributed by atoms with Gasteiger partial charge in [0.25, 0.3) is 0 Å². The van der Waals surface area contributed by atoms with Crippen molar-refractivity contribution >= 4 is 17.3 Å². The summed E-state index contributed by atoms with van der Waals surface area (Å²) < 4.78 is 0. The number of phenols is 1. The number of rotatable bonds is 4. The predicted molar refractivity (Wildman–Crippen MR) is 76.5 cm³/mol. The summed E-state index contributed by atoms with van der Waals surface area (Å²) in [5.74, 6) is 0.262. The minimum absolute atomic E-state index is 0.262. The first-order valence-corrected chi connectivity index (χ1v) is 6.28. The molecule has 0 atom stereocenters. The standard InChI is InChI=1S/C15H13ClN2O/c16-13-4-3-12(10-17)15(9-13)18-8-7-11-1-5-14(19)6-2-11/h1-6,9,18-19H,7-8H2. The van der Waals surface area contributed by atoms with E-state index in [2.05, 4.69) is 11.4 Å². The molecule has 0 aliphatic heterocycles. The second kappa shape index (κ2) is 6.12. The van der Waals surface area contributed by atoms with Crippen molar-refractivity contribution < 1.29 is 5.11 Å². The Morgan fingerprint density at radius 2 is 1.89 bits per heavy atom. The Balaban J connectivity index is 1.98. The maximum Gasteiger partial charge on any atom is 0.115 e. The SMILES string of the molecule is N#Cc1ccc(Cl)cc1NCCc1ccc(O)cc1. The highest BCUT2D eigenvalue weighted by molar-refractivity contribution is 6.30. The zero-order valence-electron chi connectivity index (χ0n) is 10.2. The smallest absolute Gasteiger partial charge is 0.115 e. The Labute approximate surface area is 117 Å². The van der Waals surface area contributed by atoms with Crippen LogP contribution in [0.1, 0.15) is 11.1 Å². The second-order valence-electron chi connectivity index (χ2n) is 4.14. The average molecular weight is 273 g/mol. The van der Waals surface area contributed by atoms with Crippen molar-refractivity contribution in [1.29, 1.82) is 5.26 Å². The van der Waals surface area contributed by atoms with Crippen molar-refractivity contribution in [2.24, 2.45) is 0 Å². The third-order valence-electron chi connectivity index (χ3n) is 2.77. The van der Waals surface area contributed by atoms with Crippen LogP contribution in [0.2, 0.25) is 5.02 Å². The molecule has 0 aliphatic carbocycles. The number of hydrogen-bond acceptors (Lipinski definition) is 3. The van der Waals surface area contributed by atoms with Gasteiger partial charge in [0, 0.05) is 11.6 Å². The van der Waals surface area contributed by atoms with Crippen LogP contribution in [0.4, 0.5) is 5.69 Å². The minimum Gasteiger partial charge on any atom is -0.508 e. The molecule has 2 rings (SSSR count). The maximum atomic E-state index is 9.19. The van der Waals surface area contributed by atoms with Crippen LogP contribution >= 0.6 is 11.6 Å². The van der Waals surface area contributed by atoms with E-state index in [0.717, 1.165) is 17.7 Å². The van der Waals surface area contributed by atoms with E-state index in [1.54, 1.807) is 30.3 Å². The van der Waals surface area contributed by atoms with Crippen molar-refractivity contribution in [3.05, 3.63) is 58.6 Å². The van der Waals surface area contributed by atoms with Gasteiger partial charge in [0.05, 0.1) is 11.3 Å². The third-order valence-corrected chi connectivity index (χ3v) is 3.00. The van der Waals surface area contributed by atoms with Gasteiger partial charge < -0.3 is 10.4 Å². The Hall–Kier alpha value is -2.18. The predicted octanol–water partition coefficient (Wildman–Crippen LogP) is 3.57. The van der Waals surface area contributed by atoms with Crippen LogP contribution in [0.15, 0.2) is 42.5 Å². The molecule has 0 fully saturated rings. The number of benzene rings is 2. The molecular formula is C15H13ClN2O. The summed E-state index contributed by atoms with van der Waals surface area (Å²) in [6.07, 6.45) is 0.803. The molecular weight excluding hydrogens is 260 g/mol. The van der Waals surface area contributed by atoms with Crippen LogP contribution in [0.5, 0.6) is 5.75 Å². The summed E-state index contributed by atoms with van der Waals surface area (Å²) in [5, 5.41) is 22.0. The molecule has 0 radical (unpaired) electrons. The van der Waals surface area contributed by atoms with E-state index in [-0.39, 0.29) is 5.75 Å². The van der Waals surface area contributed by atoms with Gasteiger partial charge in [-0.2, -0.15) is 5.26 Å². The van der Waals surface area contributed by atoms with Crippen molar-refractivity contribution in [3.8, 4) is 11.8 Å². The maximum absolute atomic E-state index is 9.19. The number of halogens is 1. The number of phenolic OH excluding ortho intramolecular Hbond substituents is 1. The van der Waals surface area contributed by atoms with E-state index in [1.807, 2.05) is 12.1 Å². The number of nitriles is 1. The molecule has 0 heterocycles. The number of hydrogen-bond donors (Lipinski definition) is 2. The number of anilines is 1. The van der Waals surface area contributed by atoms with Crippen LogP contribution in [0.25, 0.3) is 0 Å². The molecule has 0 aliphatic rings. The average Bonchev–Trinajstić information content (AvgIpc) is 2.41. The first kappa shape index (κ1) is 13.3. The fourth-order valence-electron chi connectivity index (χ4n) is 1.76. The summed E-state index contributed by atoms with van der Waals surface area (Å²) in [6, 6.07) is 14.3. The van der Waals surface area contributed by atoms with Crippen LogP contribution < -0.4 is 5.32 Å². The van der Waals surface area contributed by atoms with Gasteiger partial charge in [0.2, 0.25) is 0 Å². The quantitative estimate of drug-likeness (QED) is 0.894. The molecule has 96 valence electrons. The van der Waals surface area contributed by atoms with Crippen molar-refractivity contribution in [2.45, 2.75) is 6.42 Å². The lowest BCUT2D eigenvalue weighted by atomic mass is 10.1. The molecule has 4 heteroatoms. The van der Waals surface area contributed by atoms with Crippen LogP contribution in [-0.4, -0.2) is 11.7 Å². The number of aromatic hydroxyl groups is 1. The van der Waals surface area contributed by atoms with Gasteiger partial charge in [-0.15, -0.1) is 0 Å². The highest BCUT2D eigenvalue weighted by Gasteiger charge is 2.02. The molecule has 0 spiro atoms. The number of nitrogens with zero attached hydrogens (tertiary/aromatic N) is 1. The summed E-state index contributed by atoms with van der Waals surface area (Å²) in [4.78, 5) is 0. The molecule has 2 aromatic carbocycles. The van der Waals surface area contributed by atoms with Gasteiger partial charge in [-0.3, -0.25) is 0 Å². The lowest BCUT2D eigenvalue weighted by Gasteiger charge is -2.08. The lowest BCUT2D eigenvalue weighted by molar-refractivity contribution is 0.475. The summed E-state index contributed by atoms with van der Waals surface area (Å²) in [7, 11) is 0. The lowest BCUT2D eigenvalue weighted by Crippen LogP contribution is -2.06. The monoisotopic (exact) mass is 272 g/mol. The molecule has 3 nitrogen and oxygen atoms in total. The zero-order chi connectivity index (χ0) is 13.7. The molecule has 2 N–H and O–H groups in total. The van der Waals surface area contributed by atoms with Gasteiger partial charge in [-0.05, 0) is 42.3 Å². The fourth-order valence-corrected chi connectivity index (χ4v) is 1.94. The molecule has 0 saturated carbocycles. The second-order valence-corrected chi connectivity index (χ2v) is 4.58. The Bertz CT molecular complexity index is 603. The molecule has 2 aromatic rings. The summed E-state index contributed by atoms with van der Waals surface area (Å²) >= 11 is 5.91. The van der Waals surface area contributed by atoms with E-state index >= 15 is 0 Å². The van der Waals surface area contributed by atoms with Crippen molar-refractivity contribution in [2.75, 3.05) is 11.9 Å². The van der Waals surface area contributed by atoms with Gasteiger partial charge in [-0.1, -0.05) is 23.7 Å². The largest absolute Gasteiger partial charge is 0.508 e. The van der Waals surface area contributed by atoms with Crippen LogP contribution in [-0.2, 0) is 6.42 Å². The Morgan fingerprint density at radius 1 is 1.16 bits per heavy atom. The van der Waals surface area contributed by atoms with E-state index in [4.69, 9.17) is 16.9 Å². The normalized spacial score (nSPS) is 9.89. The first-order valence-electron chi connectivity index (χ1n) is 5.90. The van der Waals surface area contributed by atoms with Gasteiger partial charge in [0.1, 0.15) is 11.8 Å². The molecule has 0 saturated heterocycles. The first-order chi connectivity index (χ1) is 9.19. The zero-order valence-corrected chi connectivity index (χ0v) is 11.0. The summed E-state index contributed by atoms with van der Waals surface area (Å²) in [6.45, 7) is 0.694. The van der Waals surface area contributed by atoms with Crippen molar-refractivity contribution in [3.63, 3.8) is 0 Å². The Morgan fingerprint density at radius 3 is 2.58 bits per heavy atom. The van der Waals surface area contributed by atoms with Crippen LogP contribution in [0, 0.1) is 11.3 Å². The molecule has 0 unspecified atom stereocenters. The summed E-state index contributed by atoms with van der Waals surface area (Å²) in [5.41, 5.74) is 2.44. The van der Waals surface area contributed by atoms with E-state index in [0.29, 0.717) is 17.1 Å². The van der Waals surface area contributed by atoms with Gasteiger partial charge in [0.15, 0.2) is 0 Å². The van der Waals surface area contributed by atoms with E-state index in [1.165, 1.54) is 0 Å². The molecule has 19 heavy (non-hydrogen) atoms. The fraction of sp³-hybridized carbons (Fsp3) is 0.133. The third kappa shape index (κ3) is 3.64. The van der Waals surface area contributed by atoms with E-state index < -0.39 is 0 Å². The minimum atomic E-state index is 0.262. The van der Waals surface area contributed by atoms with Gasteiger partial charge >= 0.3 is 0 Å². The molecule has 0 bridgehead atoms. The topological polar surface area (TPSA) is 56.0 Å². The van der Waals surface area contributed by atoms with Crippen LogP contribution in [0.3, 0.4) is 0 Å². The molecule has 0 amide bonds.